The lowest BCUT2D eigenvalue weighted by atomic mass is 10.3. The number of aryl methyl sites for hydroxylation is 1. The highest BCUT2D eigenvalue weighted by Crippen LogP contribution is 1.99. The zero-order chi connectivity index (χ0) is 14.1. The predicted octanol–water partition coefficient (Wildman–Crippen LogP) is 1.50. The van der Waals surface area contributed by atoms with Crippen LogP contribution in [0.5, 0.6) is 0 Å². The van der Waals surface area contributed by atoms with E-state index in [1.807, 2.05) is 4.57 Å². The van der Waals surface area contributed by atoms with Crippen LogP contribution < -0.4 is 5.32 Å². The number of guanidine groups is 1. The van der Waals surface area contributed by atoms with E-state index in [0.717, 1.165) is 31.4 Å². The maximum absolute atomic E-state index is 4.63. The number of aliphatic imine (C=N–C) groups is 1. The number of aromatic nitrogens is 3. The SMILES string of the molecule is CCCCN(C)C(=NCc1nncn1CC)NCC. The van der Waals surface area contributed by atoms with Gasteiger partial charge in [-0.3, -0.25) is 0 Å². The highest BCUT2D eigenvalue weighted by molar-refractivity contribution is 5.79. The van der Waals surface area contributed by atoms with E-state index in [2.05, 4.69) is 53.2 Å². The van der Waals surface area contributed by atoms with Gasteiger partial charge in [0.15, 0.2) is 11.8 Å². The smallest absolute Gasteiger partial charge is 0.194 e. The molecule has 6 heteroatoms. The Morgan fingerprint density at radius 2 is 2.21 bits per heavy atom. The van der Waals surface area contributed by atoms with Gasteiger partial charge in [-0.05, 0) is 20.3 Å². The lowest BCUT2D eigenvalue weighted by Crippen LogP contribution is -2.39. The number of rotatable bonds is 7. The molecule has 0 fully saturated rings. The minimum absolute atomic E-state index is 0.562. The molecule has 0 unspecified atom stereocenters. The van der Waals surface area contributed by atoms with Gasteiger partial charge in [0.25, 0.3) is 0 Å². The third-order valence-electron chi connectivity index (χ3n) is 2.95. The maximum Gasteiger partial charge on any atom is 0.194 e. The van der Waals surface area contributed by atoms with Crippen LogP contribution in [-0.4, -0.2) is 45.8 Å². The molecule has 1 N–H and O–H groups in total. The molecule has 0 saturated carbocycles. The third-order valence-corrected chi connectivity index (χ3v) is 2.95. The monoisotopic (exact) mass is 266 g/mol. The Morgan fingerprint density at radius 1 is 1.42 bits per heavy atom. The van der Waals surface area contributed by atoms with Crippen molar-refractivity contribution in [1.29, 1.82) is 0 Å². The molecule has 0 spiro atoms. The van der Waals surface area contributed by atoms with Crippen LogP contribution in [0.2, 0.25) is 0 Å². The summed E-state index contributed by atoms with van der Waals surface area (Å²) in [6, 6.07) is 0. The van der Waals surface area contributed by atoms with Crippen molar-refractivity contribution in [3.8, 4) is 0 Å². The standard InChI is InChI=1S/C13H26N6/c1-5-8-9-18(4)13(14-6-2)15-10-12-17-16-11-19(12)7-3/h11H,5-10H2,1-4H3,(H,14,15). The molecule has 108 valence electrons. The Labute approximate surface area is 115 Å². The van der Waals surface area contributed by atoms with Crippen LogP contribution in [0.4, 0.5) is 0 Å². The van der Waals surface area contributed by atoms with E-state index >= 15 is 0 Å². The third kappa shape index (κ3) is 4.89. The molecule has 0 atom stereocenters. The summed E-state index contributed by atoms with van der Waals surface area (Å²) in [6.07, 6.45) is 4.11. The topological polar surface area (TPSA) is 58.3 Å². The van der Waals surface area contributed by atoms with E-state index in [4.69, 9.17) is 0 Å². The zero-order valence-electron chi connectivity index (χ0n) is 12.6. The lowest BCUT2D eigenvalue weighted by Gasteiger charge is -2.21. The van der Waals surface area contributed by atoms with Crippen LogP contribution in [-0.2, 0) is 13.1 Å². The highest BCUT2D eigenvalue weighted by Gasteiger charge is 2.06. The van der Waals surface area contributed by atoms with Crippen molar-refractivity contribution in [2.45, 2.75) is 46.7 Å². The van der Waals surface area contributed by atoms with Crippen LogP contribution in [0.15, 0.2) is 11.3 Å². The number of nitrogens with one attached hydrogen (secondary N) is 1. The van der Waals surface area contributed by atoms with Gasteiger partial charge in [-0.2, -0.15) is 0 Å². The first-order valence-corrected chi connectivity index (χ1v) is 7.09. The molecule has 1 aromatic heterocycles. The summed E-state index contributed by atoms with van der Waals surface area (Å²) < 4.78 is 2.01. The molecule has 0 aliphatic heterocycles. The molecular formula is C13H26N6. The predicted molar refractivity (Wildman–Crippen MR) is 78.0 cm³/mol. The summed E-state index contributed by atoms with van der Waals surface area (Å²) in [5, 5.41) is 11.3. The van der Waals surface area contributed by atoms with Gasteiger partial charge in [-0.15, -0.1) is 10.2 Å². The first-order valence-electron chi connectivity index (χ1n) is 7.09. The first-order chi connectivity index (χ1) is 9.22. The largest absolute Gasteiger partial charge is 0.357 e. The Bertz CT molecular complexity index is 384. The second-order valence-corrected chi connectivity index (χ2v) is 4.48. The average molecular weight is 266 g/mol. The maximum atomic E-state index is 4.63. The van der Waals surface area contributed by atoms with Crippen molar-refractivity contribution in [3.05, 3.63) is 12.2 Å². The van der Waals surface area contributed by atoms with Crippen LogP contribution in [0.1, 0.15) is 39.4 Å². The highest BCUT2D eigenvalue weighted by atomic mass is 15.3. The molecule has 1 rings (SSSR count). The van der Waals surface area contributed by atoms with Crippen molar-refractivity contribution in [2.75, 3.05) is 20.1 Å². The Hall–Kier alpha value is -1.59. The molecule has 0 amide bonds. The van der Waals surface area contributed by atoms with Gasteiger partial charge in [-0.25, -0.2) is 4.99 Å². The van der Waals surface area contributed by atoms with Gasteiger partial charge in [-0.1, -0.05) is 13.3 Å². The minimum Gasteiger partial charge on any atom is -0.357 e. The fourth-order valence-electron chi connectivity index (χ4n) is 1.78. The molecule has 1 heterocycles. The molecule has 1 aromatic rings. The van der Waals surface area contributed by atoms with Gasteiger partial charge in [0.1, 0.15) is 12.9 Å². The van der Waals surface area contributed by atoms with E-state index < -0.39 is 0 Å². The Balaban J connectivity index is 2.66. The van der Waals surface area contributed by atoms with Gasteiger partial charge >= 0.3 is 0 Å². The summed E-state index contributed by atoms with van der Waals surface area (Å²) in [5.74, 6) is 1.84. The summed E-state index contributed by atoms with van der Waals surface area (Å²) in [4.78, 5) is 6.79. The summed E-state index contributed by atoms with van der Waals surface area (Å²) in [5.41, 5.74) is 0. The molecule has 0 radical (unpaired) electrons. The molecule has 19 heavy (non-hydrogen) atoms. The number of unbranched alkanes of at least 4 members (excludes halogenated alkanes) is 1. The van der Waals surface area contributed by atoms with Crippen molar-refractivity contribution < 1.29 is 0 Å². The van der Waals surface area contributed by atoms with E-state index in [1.165, 1.54) is 12.8 Å². The number of hydrogen-bond donors (Lipinski definition) is 1. The fraction of sp³-hybridized carbons (Fsp3) is 0.769. The molecule has 6 nitrogen and oxygen atoms in total. The molecular weight excluding hydrogens is 240 g/mol. The number of nitrogens with zero attached hydrogens (tertiary/aromatic N) is 5. The van der Waals surface area contributed by atoms with Gasteiger partial charge in [0, 0.05) is 26.7 Å². The molecule has 0 aliphatic rings. The molecule has 0 aromatic carbocycles. The molecule has 0 aliphatic carbocycles. The van der Waals surface area contributed by atoms with Crippen LogP contribution in [0.25, 0.3) is 0 Å². The van der Waals surface area contributed by atoms with Crippen molar-refractivity contribution in [2.24, 2.45) is 4.99 Å². The van der Waals surface area contributed by atoms with E-state index in [9.17, 15) is 0 Å². The van der Waals surface area contributed by atoms with Crippen molar-refractivity contribution in [3.63, 3.8) is 0 Å². The van der Waals surface area contributed by atoms with E-state index in [-0.39, 0.29) is 0 Å². The number of hydrogen-bond acceptors (Lipinski definition) is 3. The van der Waals surface area contributed by atoms with Gasteiger partial charge in [0.05, 0.1) is 0 Å². The molecule has 0 bridgehead atoms. The summed E-state index contributed by atoms with van der Waals surface area (Å²) in [6.45, 7) is 9.68. The average Bonchev–Trinajstić information content (AvgIpc) is 2.88. The lowest BCUT2D eigenvalue weighted by molar-refractivity contribution is 0.464. The van der Waals surface area contributed by atoms with E-state index in [0.29, 0.717) is 6.54 Å². The Morgan fingerprint density at radius 3 is 2.84 bits per heavy atom. The van der Waals surface area contributed by atoms with Crippen LogP contribution >= 0.6 is 0 Å². The van der Waals surface area contributed by atoms with Crippen LogP contribution in [0, 0.1) is 0 Å². The summed E-state index contributed by atoms with van der Waals surface area (Å²) >= 11 is 0. The second kappa shape index (κ2) is 8.50. The quantitative estimate of drug-likeness (QED) is 0.600. The minimum atomic E-state index is 0.562. The van der Waals surface area contributed by atoms with Crippen molar-refractivity contribution in [1.82, 2.24) is 25.0 Å². The van der Waals surface area contributed by atoms with Gasteiger partial charge < -0.3 is 14.8 Å². The normalized spacial score (nSPS) is 11.7. The first kappa shape index (κ1) is 15.5. The summed E-state index contributed by atoms with van der Waals surface area (Å²) in [7, 11) is 2.07. The Kier molecular flexibility index (Phi) is 6.92. The van der Waals surface area contributed by atoms with Crippen molar-refractivity contribution >= 4 is 5.96 Å². The second-order valence-electron chi connectivity index (χ2n) is 4.48. The van der Waals surface area contributed by atoms with Gasteiger partial charge in [0.2, 0.25) is 0 Å². The zero-order valence-corrected chi connectivity index (χ0v) is 12.6. The van der Waals surface area contributed by atoms with Crippen LogP contribution in [0.3, 0.4) is 0 Å². The fourth-order valence-corrected chi connectivity index (χ4v) is 1.78. The molecule has 0 saturated heterocycles. The van der Waals surface area contributed by atoms with E-state index in [1.54, 1.807) is 6.33 Å².